The second kappa shape index (κ2) is 10.1. The number of ether oxygens (including phenoxy) is 2. The smallest absolute Gasteiger partial charge is 0.459 e. The van der Waals surface area contributed by atoms with Crippen LogP contribution in [0.15, 0.2) is 91.0 Å². The first kappa shape index (κ1) is 20.8. The van der Waals surface area contributed by atoms with Crippen LogP contribution in [0.3, 0.4) is 0 Å². The zero-order valence-corrected chi connectivity index (χ0v) is 16.8. The highest BCUT2D eigenvalue weighted by Crippen LogP contribution is 2.18. The molecule has 1 aliphatic heterocycles. The van der Waals surface area contributed by atoms with Crippen LogP contribution in [0, 0.1) is 0 Å². The molecule has 0 bridgehead atoms. The summed E-state index contributed by atoms with van der Waals surface area (Å²) in [4.78, 5) is 24.9. The van der Waals surface area contributed by atoms with Crippen molar-refractivity contribution in [1.29, 1.82) is 0 Å². The van der Waals surface area contributed by atoms with Crippen molar-refractivity contribution in [1.82, 2.24) is 0 Å². The largest absolute Gasteiger partial charge is 0.494 e. The number of hydrogen-bond acceptors (Lipinski definition) is 6. The van der Waals surface area contributed by atoms with Crippen molar-refractivity contribution >= 4 is 24.5 Å². The van der Waals surface area contributed by atoms with Gasteiger partial charge in [-0.25, -0.2) is 9.59 Å². The van der Waals surface area contributed by atoms with Gasteiger partial charge in [0, 0.05) is 0 Å². The first-order valence-corrected chi connectivity index (χ1v) is 10.0. The standard InChI is InChI=1S/C24H21BO6/c26-23(18-10-4-1-5-11-18)28-16-22-21(30-24(27)19-12-6-2-7-13-19)17-29-25(31-22)20-14-8-3-9-15-20/h1-15,21-22H,16-17H2. The Morgan fingerprint density at radius 1 is 0.806 bits per heavy atom. The molecule has 0 N–H and O–H groups in total. The zero-order chi connectivity index (χ0) is 21.5. The third kappa shape index (κ3) is 5.39. The number of hydrogen-bond donors (Lipinski definition) is 0. The molecule has 1 fully saturated rings. The molecule has 1 aliphatic rings. The Hall–Kier alpha value is -3.42. The topological polar surface area (TPSA) is 71.1 Å². The van der Waals surface area contributed by atoms with Crippen LogP contribution in [0.4, 0.5) is 0 Å². The molecular weight excluding hydrogens is 395 g/mol. The lowest BCUT2D eigenvalue weighted by Gasteiger charge is -2.34. The summed E-state index contributed by atoms with van der Waals surface area (Å²) in [6, 6.07) is 26.8. The third-order valence-electron chi connectivity index (χ3n) is 4.85. The van der Waals surface area contributed by atoms with Gasteiger partial charge < -0.3 is 18.8 Å². The molecule has 1 saturated heterocycles. The van der Waals surface area contributed by atoms with Gasteiger partial charge in [0.25, 0.3) is 0 Å². The molecule has 7 heteroatoms. The van der Waals surface area contributed by atoms with Gasteiger partial charge in [0.05, 0.1) is 17.7 Å². The van der Waals surface area contributed by atoms with E-state index in [0.29, 0.717) is 11.1 Å². The fraction of sp³-hybridized carbons (Fsp3) is 0.167. The molecule has 156 valence electrons. The van der Waals surface area contributed by atoms with Gasteiger partial charge in [-0.3, -0.25) is 0 Å². The van der Waals surface area contributed by atoms with E-state index >= 15 is 0 Å². The van der Waals surface area contributed by atoms with E-state index in [4.69, 9.17) is 18.8 Å². The van der Waals surface area contributed by atoms with Gasteiger partial charge in [-0.1, -0.05) is 66.7 Å². The summed E-state index contributed by atoms with van der Waals surface area (Å²) in [6.07, 6.45) is -1.41. The van der Waals surface area contributed by atoms with Crippen molar-refractivity contribution < 1.29 is 28.4 Å². The van der Waals surface area contributed by atoms with Crippen molar-refractivity contribution in [3.05, 3.63) is 102 Å². The van der Waals surface area contributed by atoms with Crippen LogP contribution < -0.4 is 5.46 Å². The van der Waals surface area contributed by atoms with Crippen LogP contribution in [-0.2, 0) is 18.8 Å². The molecule has 0 amide bonds. The van der Waals surface area contributed by atoms with Gasteiger partial charge in [0.1, 0.15) is 12.7 Å². The van der Waals surface area contributed by atoms with Gasteiger partial charge in [-0.05, 0) is 29.7 Å². The minimum Gasteiger partial charge on any atom is -0.459 e. The predicted molar refractivity (Wildman–Crippen MR) is 115 cm³/mol. The first-order chi connectivity index (χ1) is 15.2. The molecule has 0 aliphatic carbocycles. The van der Waals surface area contributed by atoms with Crippen molar-refractivity contribution in [2.45, 2.75) is 12.2 Å². The van der Waals surface area contributed by atoms with Crippen molar-refractivity contribution in [3.8, 4) is 0 Å². The lowest BCUT2D eigenvalue weighted by Crippen LogP contribution is -2.54. The molecule has 0 saturated carbocycles. The van der Waals surface area contributed by atoms with E-state index in [-0.39, 0.29) is 13.2 Å². The van der Waals surface area contributed by atoms with Crippen molar-refractivity contribution in [3.63, 3.8) is 0 Å². The van der Waals surface area contributed by atoms with Gasteiger partial charge in [-0.2, -0.15) is 0 Å². The molecule has 0 radical (unpaired) electrons. The maximum Gasteiger partial charge on any atom is 0.494 e. The predicted octanol–water partition coefficient (Wildman–Crippen LogP) is 2.88. The molecule has 0 spiro atoms. The van der Waals surface area contributed by atoms with Crippen LogP contribution >= 0.6 is 0 Å². The Morgan fingerprint density at radius 3 is 1.97 bits per heavy atom. The highest BCUT2D eigenvalue weighted by molar-refractivity contribution is 6.61. The van der Waals surface area contributed by atoms with E-state index < -0.39 is 31.3 Å². The molecule has 1 heterocycles. The maximum absolute atomic E-state index is 12.5. The lowest BCUT2D eigenvalue weighted by atomic mass is 9.77. The Labute approximate surface area is 180 Å². The summed E-state index contributed by atoms with van der Waals surface area (Å²) in [5.74, 6) is -0.963. The van der Waals surface area contributed by atoms with Crippen LogP contribution in [-0.4, -0.2) is 44.5 Å². The van der Waals surface area contributed by atoms with Gasteiger partial charge in [-0.15, -0.1) is 0 Å². The van der Waals surface area contributed by atoms with Crippen LogP contribution in [0.2, 0.25) is 0 Å². The summed E-state index contributed by atoms with van der Waals surface area (Å²) in [7, 11) is -0.645. The maximum atomic E-state index is 12.5. The van der Waals surface area contributed by atoms with E-state index in [2.05, 4.69) is 0 Å². The second-order valence-electron chi connectivity index (χ2n) is 7.02. The summed E-state index contributed by atoms with van der Waals surface area (Å²) in [5, 5.41) is 0. The highest BCUT2D eigenvalue weighted by atomic mass is 16.7. The van der Waals surface area contributed by atoms with E-state index in [0.717, 1.165) is 5.46 Å². The second-order valence-corrected chi connectivity index (χ2v) is 7.02. The monoisotopic (exact) mass is 416 g/mol. The zero-order valence-electron chi connectivity index (χ0n) is 16.8. The Balaban J connectivity index is 1.46. The Bertz CT molecular complexity index is 996. The van der Waals surface area contributed by atoms with E-state index in [1.54, 1.807) is 48.5 Å². The molecule has 31 heavy (non-hydrogen) atoms. The van der Waals surface area contributed by atoms with Gasteiger partial charge in [0.15, 0.2) is 6.10 Å². The quantitative estimate of drug-likeness (QED) is 0.455. The number of benzene rings is 3. The Morgan fingerprint density at radius 2 is 1.35 bits per heavy atom. The van der Waals surface area contributed by atoms with E-state index in [1.807, 2.05) is 42.5 Å². The number of carbonyl (C=O) groups excluding carboxylic acids is 2. The first-order valence-electron chi connectivity index (χ1n) is 10.0. The third-order valence-corrected chi connectivity index (χ3v) is 4.85. The summed E-state index contributed by atoms with van der Waals surface area (Å²) < 4.78 is 22.9. The minimum absolute atomic E-state index is 0.0762. The summed E-state index contributed by atoms with van der Waals surface area (Å²) in [5.41, 5.74) is 1.69. The summed E-state index contributed by atoms with van der Waals surface area (Å²) in [6.45, 7) is 0.0405. The van der Waals surface area contributed by atoms with Gasteiger partial charge >= 0.3 is 19.1 Å². The minimum atomic E-state index is -0.726. The van der Waals surface area contributed by atoms with Crippen LogP contribution in [0.25, 0.3) is 0 Å². The fourth-order valence-electron chi connectivity index (χ4n) is 3.21. The lowest BCUT2D eigenvalue weighted by molar-refractivity contribution is -0.0811. The normalized spacial score (nSPS) is 18.3. The fourth-order valence-corrected chi connectivity index (χ4v) is 3.21. The van der Waals surface area contributed by atoms with E-state index in [9.17, 15) is 9.59 Å². The number of rotatable bonds is 6. The molecule has 0 aromatic heterocycles. The Kier molecular flexibility index (Phi) is 6.77. The van der Waals surface area contributed by atoms with E-state index in [1.165, 1.54) is 0 Å². The van der Waals surface area contributed by atoms with Crippen LogP contribution in [0.1, 0.15) is 20.7 Å². The van der Waals surface area contributed by atoms with Crippen molar-refractivity contribution in [2.24, 2.45) is 0 Å². The molecular formula is C24H21BO6. The average molecular weight is 416 g/mol. The number of carbonyl (C=O) groups is 2. The SMILES string of the molecule is O=C(OCC1OB(c2ccccc2)OCC1OC(=O)c1ccccc1)c1ccccc1. The molecule has 6 nitrogen and oxygen atoms in total. The molecule has 2 atom stereocenters. The highest BCUT2D eigenvalue weighted by Gasteiger charge is 2.39. The van der Waals surface area contributed by atoms with Crippen molar-refractivity contribution in [2.75, 3.05) is 13.2 Å². The average Bonchev–Trinajstić information content (AvgIpc) is 2.84. The van der Waals surface area contributed by atoms with Crippen LogP contribution in [0.5, 0.6) is 0 Å². The van der Waals surface area contributed by atoms with Gasteiger partial charge in [0.2, 0.25) is 0 Å². The summed E-state index contributed by atoms with van der Waals surface area (Å²) >= 11 is 0. The molecule has 3 aromatic carbocycles. The molecule has 3 aromatic rings. The number of esters is 2. The molecule has 4 rings (SSSR count). The molecule has 2 unspecified atom stereocenters.